The molecule has 1 N–H and O–H groups in total. The van der Waals surface area contributed by atoms with Crippen LogP contribution in [0.3, 0.4) is 0 Å². The quantitative estimate of drug-likeness (QED) is 0.407. The molecule has 0 saturated heterocycles. The summed E-state index contributed by atoms with van der Waals surface area (Å²) in [4.78, 5) is 14.1. The van der Waals surface area contributed by atoms with Gasteiger partial charge in [0.05, 0.1) is 5.92 Å². The number of allylic oxidation sites excluding steroid dienone is 1. The molecule has 0 aliphatic heterocycles. The van der Waals surface area contributed by atoms with Crippen molar-refractivity contribution in [1.82, 2.24) is 10.2 Å². The molecule has 0 aliphatic rings. The predicted octanol–water partition coefficient (Wildman–Crippen LogP) is 8.34. The van der Waals surface area contributed by atoms with Crippen LogP contribution in [0.15, 0.2) is 42.5 Å². The SMILES string of the molecule is CCNC(=O)N(Cc1ccc(/C=C/C(c2cc(Cl)cc(Cl)c2)C(F)(F)F)cc1Cl)C(C)(C)C. The van der Waals surface area contributed by atoms with Gasteiger partial charge in [0.2, 0.25) is 0 Å². The van der Waals surface area contributed by atoms with E-state index in [-0.39, 0.29) is 28.2 Å². The minimum absolute atomic E-state index is 0.0540. The lowest BCUT2D eigenvalue weighted by Gasteiger charge is -2.36. The molecule has 0 bridgehead atoms. The Balaban J connectivity index is 2.31. The number of benzene rings is 2. The maximum atomic E-state index is 13.7. The number of rotatable bonds is 6. The van der Waals surface area contributed by atoms with Gasteiger partial charge in [-0.25, -0.2) is 4.79 Å². The van der Waals surface area contributed by atoms with Crippen molar-refractivity contribution < 1.29 is 18.0 Å². The zero-order valence-electron chi connectivity index (χ0n) is 18.7. The Morgan fingerprint density at radius 2 is 1.67 bits per heavy atom. The largest absolute Gasteiger partial charge is 0.399 e. The molecular formula is C24H26Cl3F3N2O. The Hall–Kier alpha value is -1.89. The van der Waals surface area contributed by atoms with Gasteiger partial charge in [-0.05, 0) is 68.7 Å². The lowest BCUT2D eigenvalue weighted by molar-refractivity contribution is -0.139. The monoisotopic (exact) mass is 520 g/mol. The predicted molar refractivity (Wildman–Crippen MR) is 130 cm³/mol. The fourth-order valence-electron chi connectivity index (χ4n) is 3.20. The Kier molecular flexibility index (Phi) is 9.14. The molecule has 2 aromatic rings. The van der Waals surface area contributed by atoms with Crippen LogP contribution in [0.25, 0.3) is 6.08 Å². The Morgan fingerprint density at radius 1 is 1.06 bits per heavy atom. The number of carbonyl (C=O) groups excluding carboxylic acids is 1. The molecule has 9 heteroatoms. The zero-order valence-corrected chi connectivity index (χ0v) is 21.0. The highest BCUT2D eigenvalue weighted by Gasteiger charge is 2.39. The van der Waals surface area contributed by atoms with Crippen molar-refractivity contribution in [1.29, 1.82) is 0 Å². The van der Waals surface area contributed by atoms with Crippen molar-refractivity contribution >= 4 is 46.9 Å². The highest BCUT2D eigenvalue weighted by atomic mass is 35.5. The first-order valence-corrected chi connectivity index (χ1v) is 11.4. The number of nitrogens with one attached hydrogen (secondary N) is 1. The average molecular weight is 522 g/mol. The average Bonchev–Trinajstić information content (AvgIpc) is 2.64. The van der Waals surface area contributed by atoms with Gasteiger partial charge in [-0.15, -0.1) is 0 Å². The van der Waals surface area contributed by atoms with Crippen LogP contribution in [0.2, 0.25) is 15.1 Å². The van der Waals surface area contributed by atoms with Crippen LogP contribution in [-0.2, 0) is 6.54 Å². The summed E-state index contributed by atoms with van der Waals surface area (Å²) in [7, 11) is 0. The van der Waals surface area contributed by atoms with Crippen LogP contribution < -0.4 is 5.32 Å². The third kappa shape index (κ3) is 7.83. The minimum atomic E-state index is -4.53. The zero-order chi connectivity index (χ0) is 25.0. The second-order valence-corrected chi connectivity index (χ2v) is 9.80. The maximum absolute atomic E-state index is 13.7. The van der Waals surface area contributed by atoms with Crippen LogP contribution in [0.1, 0.15) is 50.3 Å². The molecule has 0 radical (unpaired) electrons. The number of nitrogens with zero attached hydrogens (tertiary/aromatic N) is 1. The standard InChI is InChI=1S/C24H26Cl3F3N2O/c1-5-31-22(33)32(23(2,3)4)14-16-8-6-15(10-21(16)27)7-9-20(24(28,29)30)17-11-18(25)13-19(26)12-17/h6-13,20H,5,14H2,1-4H3,(H,31,33)/b9-7+. The maximum Gasteiger partial charge on any atom is 0.399 e. The highest BCUT2D eigenvalue weighted by molar-refractivity contribution is 6.34. The highest BCUT2D eigenvalue weighted by Crippen LogP contribution is 2.38. The fraction of sp³-hybridized carbons (Fsp3) is 0.375. The van der Waals surface area contributed by atoms with Crippen molar-refractivity contribution in [3.8, 4) is 0 Å². The lowest BCUT2D eigenvalue weighted by Crippen LogP contribution is -2.49. The fourth-order valence-corrected chi connectivity index (χ4v) is 3.99. The topological polar surface area (TPSA) is 32.3 Å². The Bertz CT molecular complexity index is 997. The molecule has 1 atom stereocenters. The molecule has 2 rings (SSSR count). The summed E-state index contributed by atoms with van der Waals surface area (Å²) in [5, 5.41) is 3.39. The number of carbonyl (C=O) groups is 1. The van der Waals surface area contributed by atoms with E-state index in [4.69, 9.17) is 34.8 Å². The summed E-state index contributed by atoms with van der Waals surface area (Å²) in [6.45, 7) is 8.30. The van der Waals surface area contributed by atoms with Crippen molar-refractivity contribution in [2.24, 2.45) is 0 Å². The minimum Gasteiger partial charge on any atom is -0.338 e. The van der Waals surface area contributed by atoms with Crippen LogP contribution in [0.4, 0.5) is 18.0 Å². The molecule has 0 aliphatic carbocycles. The molecule has 0 aromatic heterocycles. The van der Waals surface area contributed by atoms with Gasteiger partial charge in [0.25, 0.3) is 0 Å². The second kappa shape index (κ2) is 11.0. The summed E-state index contributed by atoms with van der Waals surface area (Å²) in [5.41, 5.74) is 0.663. The normalized spacial score (nSPS) is 13.3. The van der Waals surface area contributed by atoms with Crippen LogP contribution in [0, 0.1) is 0 Å². The van der Waals surface area contributed by atoms with Crippen molar-refractivity contribution in [2.45, 2.75) is 51.9 Å². The lowest BCUT2D eigenvalue weighted by atomic mass is 9.97. The van der Waals surface area contributed by atoms with E-state index < -0.39 is 17.6 Å². The van der Waals surface area contributed by atoms with Crippen LogP contribution in [0.5, 0.6) is 0 Å². The van der Waals surface area contributed by atoms with E-state index in [1.807, 2.05) is 27.7 Å². The number of hydrogen-bond donors (Lipinski definition) is 1. The number of urea groups is 1. The van der Waals surface area contributed by atoms with E-state index in [0.717, 1.165) is 6.08 Å². The van der Waals surface area contributed by atoms with Crippen molar-refractivity contribution in [3.05, 3.63) is 74.2 Å². The Morgan fingerprint density at radius 3 is 2.15 bits per heavy atom. The molecule has 0 heterocycles. The summed E-state index contributed by atoms with van der Waals surface area (Å²) in [6, 6.07) is 8.59. The van der Waals surface area contributed by atoms with Crippen molar-refractivity contribution in [3.63, 3.8) is 0 Å². The third-order valence-corrected chi connectivity index (χ3v) is 5.65. The van der Waals surface area contributed by atoms with Gasteiger partial charge in [0, 0.05) is 33.7 Å². The summed E-state index contributed by atoms with van der Waals surface area (Å²) < 4.78 is 41.1. The second-order valence-electron chi connectivity index (χ2n) is 8.52. The van der Waals surface area contributed by atoms with E-state index in [9.17, 15) is 18.0 Å². The van der Waals surface area contributed by atoms with Crippen molar-refractivity contribution in [2.75, 3.05) is 6.54 Å². The number of amides is 2. The van der Waals surface area contributed by atoms with Gasteiger partial charge in [-0.1, -0.05) is 59.1 Å². The summed E-state index contributed by atoms with van der Waals surface area (Å²) >= 11 is 18.2. The Labute approximate surface area is 207 Å². The van der Waals surface area contributed by atoms with Gasteiger partial charge in [-0.2, -0.15) is 13.2 Å². The van der Waals surface area contributed by atoms with Gasteiger partial charge < -0.3 is 10.2 Å². The molecule has 0 saturated carbocycles. The van der Waals surface area contributed by atoms with Gasteiger partial charge >= 0.3 is 12.2 Å². The van der Waals surface area contributed by atoms with Gasteiger partial charge in [0.15, 0.2) is 0 Å². The molecule has 3 nitrogen and oxygen atoms in total. The van der Waals surface area contributed by atoms with E-state index in [1.165, 1.54) is 24.3 Å². The molecule has 33 heavy (non-hydrogen) atoms. The number of halogens is 6. The summed E-state index contributed by atoms with van der Waals surface area (Å²) in [5.74, 6) is -1.89. The molecule has 1 unspecified atom stereocenters. The van der Waals surface area contributed by atoms with E-state index >= 15 is 0 Å². The number of hydrogen-bond acceptors (Lipinski definition) is 1. The molecule has 0 fully saturated rings. The smallest absolute Gasteiger partial charge is 0.338 e. The first-order chi connectivity index (χ1) is 15.2. The molecule has 2 amide bonds. The number of alkyl halides is 3. The first-order valence-electron chi connectivity index (χ1n) is 10.3. The third-order valence-electron chi connectivity index (χ3n) is 4.87. The summed E-state index contributed by atoms with van der Waals surface area (Å²) in [6.07, 6.45) is -2.13. The van der Waals surface area contributed by atoms with E-state index in [0.29, 0.717) is 22.7 Å². The molecule has 0 spiro atoms. The van der Waals surface area contributed by atoms with E-state index in [1.54, 1.807) is 23.1 Å². The first kappa shape index (κ1) is 27.4. The molecule has 180 valence electrons. The molecular weight excluding hydrogens is 496 g/mol. The van der Waals surface area contributed by atoms with Gasteiger partial charge in [-0.3, -0.25) is 0 Å². The molecule has 2 aromatic carbocycles. The van der Waals surface area contributed by atoms with Crippen LogP contribution in [-0.4, -0.2) is 29.2 Å². The van der Waals surface area contributed by atoms with Gasteiger partial charge in [0.1, 0.15) is 0 Å². The van der Waals surface area contributed by atoms with Crippen LogP contribution >= 0.6 is 34.8 Å². The van der Waals surface area contributed by atoms with E-state index in [2.05, 4.69) is 5.32 Å².